The van der Waals surface area contributed by atoms with E-state index in [1.54, 1.807) is 24.3 Å². The summed E-state index contributed by atoms with van der Waals surface area (Å²) >= 11 is 0. The molecular formula is C30H33N7O4. The molecule has 4 aliphatic heterocycles. The Hall–Kier alpha value is -4.27. The second-order valence-corrected chi connectivity index (χ2v) is 10.6. The number of nitriles is 1. The van der Waals surface area contributed by atoms with E-state index in [1.807, 2.05) is 12.1 Å². The van der Waals surface area contributed by atoms with Gasteiger partial charge in [0.25, 0.3) is 5.91 Å². The maximum absolute atomic E-state index is 13.1. The lowest BCUT2D eigenvalue weighted by atomic mass is 9.84. The molecule has 1 atom stereocenters. The van der Waals surface area contributed by atoms with Crippen LogP contribution in [0.2, 0.25) is 0 Å². The van der Waals surface area contributed by atoms with Crippen LogP contribution in [0.5, 0.6) is 11.6 Å². The second-order valence-electron chi connectivity index (χ2n) is 10.6. The molecule has 0 saturated carbocycles. The van der Waals surface area contributed by atoms with Crippen molar-refractivity contribution in [1.82, 2.24) is 25.2 Å². The number of hydrogen-bond donors (Lipinski definition) is 2. The fourth-order valence-corrected chi connectivity index (χ4v) is 5.78. The van der Waals surface area contributed by atoms with Crippen molar-refractivity contribution in [2.24, 2.45) is 5.92 Å². The van der Waals surface area contributed by atoms with Crippen LogP contribution in [-0.2, 0) is 4.74 Å². The van der Waals surface area contributed by atoms with Crippen LogP contribution in [0.1, 0.15) is 41.6 Å². The zero-order chi connectivity index (χ0) is 28.2. The summed E-state index contributed by atoms with van der Waals surface area (Å²) in [7, 11) is 1.50. The highest BCUT2D eigenvalue weighted by atomic mass is 16.5. The Morgan fingerprint density at radius 2 is 1.90 bits per heavy atom. The van der Waals surface area contributed by atoms with Crippen LogP contribution in [-0.4, -0.2) is 77.9 Å². The molecule has 2 bridgehead atoms. The van der Waals surface area contributed by atoms with Crippen LogP contribution in [0.4, 0.5) is 11.6 Å². The first-order valence-electron chi connectivity index (χ1n) is 14.1. The lowest BCUT2D eigenvalue weighted by molar-refractivity contribution is 0.0254. The van der Waals surface area contributed by atoms with Gasteiger partial charge in [-0.05, 0) is 62.2 Å². The first-order chi connectivity index (χ1) is 20.1. The lowest BCUT2D eigenvalue weighted by Crippen LogP contribution is -2.57. The van der Waals surface area contributed by atoms with Gasteiger partial charge in [-0.3, -0.25) is 4.79 Å². The highest BCUT2D eigenvalue weighted by Crippen LogP contribution is 2.30. The molecule has 6 heterocycles. The minimum atomic E-state index is -0.179. The van der Waals surface area contributed by atoms with Gasteiger partial charge in [-0.15, -0.1) is 0 Å². The van der Waals surface area contributed by atoms with E-state index in [4.69, 9.17) is 14.2 Å². The highest BCUT2D eigenvalue weighted by Gasteiger charge is 2.35. The number of nitrogens with one attached hydrogen (secondary N) is 2. The highest BCUT2D eigenvalue weighted by molar-refractivity contribution is 5.97. The third kappa shape index (κ3) is 6.09. The molecule has 0 radical (unpaired) electrons. The maximum atomic E-state index is 13.1. The van der Waals surface area contributed by atoms with E-state index in [1.165, 1.54) is 13.4 Å². The number of carbonyl (C=O) groups excluding carboxylic acids is 1. The van der Waals surface area contributed by atoms with Gasteiger partial charge in [-0.1, -0.05) is 0 Å². The Morgan fingerprint density at radius 1 is 1.07 bits per heavy atom. The van der Waals surface area contributed by atoms with E-state index in [0.717, 1.165) is 50.9 Å². The monoisotopic (exact) mass is 555 g/mol. The molecule has 4 saturated heterocycles. The summed E-state index contributed by atoms with van der Waals surface area (Å²) in [5, 5.41) is 16.1. The van der Waals surface area contributed by atoms with Crippen molar-refractivity contribution in [2.75, 3.05) is 45.3 Å². The molecule has 3 aromatic rings. The van der Waals surface area contributed by atoms with E-state index in [0.29, 0.717) is 53.3 Å². The number of methoxy groups -OCH3 is 1. The zero-order valence-electron chi connectivity index (χ0n) is 23.0. The van der Waals surface area contributed by atoms with Gasteiger partial charge >= 0.3 is 0 Å². The van der Waals surface area contributed by atoms with Gasteiger partial charge in [0.2, 0.25) is 5.88 Å². The van der Waals surface area contributed by atoms with Gasteiger partial charge in [0.1, 0.15) is 41.4 Å². The average molecular weight is 556 g/mol. The molecule has 41 heavy (non-hydrogen) atoms. The van der Waals surface area contributed by atoms with Crippen LogP contribution >= 0.6 is 0 Å². The molecule has 1 amide bonds. The molecule has 0 spiro atoms. The Balaban J connectivity index is 1.15. The molecule has 4 fully saturated rings. The van der Waals surface area contributed by atoms with E-state index in [-0.39, 0.29) is 23.9 Å². The van der Waals surface area contributed by atoms with Crippen molar-refractivity contribution in [3.63, 3.8) is 0 Å². The number of pyridine rings is 1. The molecule has 7 rings (SSSR count). The molecule has 1 unspecified atom stereocenters. The van der Waals surface area contributed by atoms with Crippen LogP contribution in [0.25, 0.3) is 11.3 Å². The SMILES string of the molecule is COc1nc(Nc2cc(-c3ccc(OC4CCOCC4)c(C#N)c3)ncn2)ccc1C(=O)NC1CN2CCC1CC2. The molecule has 4 aliphatic rings. The predicted molar refractivity (Wildman–Crippen MR) is 151 cm³/mol. The van der Waals surface area contributed by atoms with Gasteiger partial charge in [0, 0.05) is 37.1 Å². The predicted octanol–water partition coefficient (Wildman–Crippen LogP) is 3.54. The van der Waals surface area contributed by atoms with Crippen LogP contribution in [0, 0.1) is 17.2 Å². The van der Waals surface area contributed by atoms with Crippen molar-refractivity contribution in [3.05, 3.63) is 53.9 Å². The number of aromatic nitrogens is 3. The standard InChI is InChI=1S/C30H33N7O4/c1-39-30-23(29(38)34-25-17-37-10-6-19(25)7-11-37)3-5-27(36-30)35-28-15-24(32-18-33-28)20-2-4-26(21(14-20)16-31)41-22-8-12-40-13-9-22/h2-5,14-15,18-19,22,25H,6-13,17H2,1H3,(H,34,38)(H,32,33,35,36). The minimum absolute atomic E-state index is 0.0406. The molecule has 11 nitrogen and oxygen atoms in total. The number of carbonyl (C=O) groups is 1. The number of fused-ring (bicyclic) bond motifs is 3. The fourth-order valence-electron chi connectivity index (χ4n) is 5.78. The second kappa shape index (κ2) is 12.1. The van der Waals surface area contributed by atoms with Crippen molar-refractivity contribution in [3.8, 4) is 29.0 Å². The summed E-state index contributed by atoms with van der Waals surface area (Å²) in [6.45, 7) is 4.45. The molecule has 1 aromatic carbocycles. The Bertz CT molecular complexity index is 1440. The topological polar surface area (TPSA) is 135 Å². The lowest BCUT2D eigenvalue weighted by Gasteiger charge is -2.44. The summed E-state index contributed by atoms with van der Waals surface area (Å²) in [5.41, 5.74) is 2.24. The van der Waals surface area contributed by atoms with Gasteiger partial charge in [0.15, 0.2) is 0 Å². The molecule has 11 heteroatoms. The first kappa shape index (κ1) is 26.9. The molecule has 212 valence electrons. The molecule has 2 N–H and O–H groups in total. The number of hydrogen-bond acceptors (Lipinski definition) is 10. The minimum Gasteiger partial charge on any atom is -0.489 e. The maximum Gasteiger partial charge on any atom is 0.257 e. The number of benzene rings is 1. The van der Waals surface area contributed by atoms with Crippen molar-refractivity contribution in [2.45, 2.75) is 37.8 Å². The molecule has 2 aromatic heterocycles. The number of piperidine rings is 3. The number of ether oxygens (including phenoxy) is 3. The zero-order valence-corrected chi connectivity index (χ0v) is 23.0. The normalized spacial score (nSPS) is 22.0. The smallest absolute Gasteiger partial charge is 0.257 e. The van der Waals surface area contributed by atoms with Crippen molar-refractivity contribution >= 4 is 17.5 Å². The van der Waals surface area contributed by atoms with Gasteiger partial charge in [-0.25, -0.2) is 9.97 Å². The van der Waals surface area contributed by atoms with E-state index >= 15 is 0 Å². The third-order valence-corrected chi connectivity index (χ3v) is 8.05. The van der Waals surface area contributed by atoms with Crippen LogP contribution in [0.3, 0.4) is 0 Å². The van der Waals surface area contributed by atoms with E-state index < -0.39 is 0 Å². The summed E-state index contributed by atoms with van der Waals surface area (Å²) in [5.74, 6) is 2.13. The Labute approximate surface area is 238 Å². The average Bonchev–Trinajstić information content (AvgIpc) is 3.02. The van der Waals surface area contributed by atoms with Gasteiger partial charge in [-0.2, -0.15) is 10.2 Å². The first-order valence-corrected chi connectivity index (χ1v) is 14.1. The number of amides is 1. The summed E-state index contributed by atoms with van der Waals surface area (Å²) in [6, 6.07) is 13.1. The van der Waals surface area contributed by atoms with Crippen molar-refractivity contribution < 1.29 is 19.0 Å². The third-order valence-electron chi connectivity index (χ3n) is 8.05. The molecule has 0 aliphatic carbocycles. The number of rotatable bonds is 8. The van der Waals surface area contributed by atoms with E-state index in [9.17, 15) is 10.1 Å². The summed E-state index contributed by atoms with van der Waals surface area (Å²) in [6.07, 6.45) is 5.34. The summed E-state index contributed by atoms with van der Waals surface area (Å²) < 4.78 is 16.9. The summed E-state index contributed by atoms with van der Waals surface area (Å²) in [4.78, 5) is 28.7. The molecular weight excluding hydrogens is 522 g/mol. The van der Waals surface area contributed by atoms with Crippen LogP contribution < -0.4 is 20.1 Å². The number of anilines is 2. The fraction of sp³-hybridized carbons (Fsp3) is 0.433. The van der Waals surface area contributed by atoms with Crippen LogP contribution in [0.15, 0.2) is 42.7 Å². The van der Waals surface area contributed by atoms with Crippen molar-refractivity contribution in [1.29, 1.82) is 5.26 Å². The van der Waals surface area contributed by atoms with Gasteiger partial charge in [0.05, 0.1) is 31.6 Å². The van der Waals surface area contributed by atoms with Gasteiger partial charge < -0.3 is 29.7 Å². The Kier molecular flexibility index (Phi) is 7.93. The van der Waals surface area contributed by atoms with E-state index in [2.05, 4.69) is 36.6 Å². The largest absolute Gasteiger partial charge is 0.489 e. The quantitative estimate of drug-likeness (QED) is 0.425. The number of nitrogens with zero attached hydrogens (tertiary/aromatic N) is 5. The Morgan fingerprint density at radius 3 is 2.63 bits per heavy atom.